The molecule has 0 saturated carbocycles. The summed E-state index contributed by atoms with van der Waals surface area (Å²) in [5.74, 6) is 0. The molecule has 0 unspecified atom stereocenters. The quantitative estimate of drug-likeness (QED) is 0.472. The van der Waals surface area contributed by atoms with Gasteiger partial charge in [0.05, 0.1) is 13.4 Å². The van der Waals surface area contributed by atoms with Crippen LogP contribution in [0.5, 0.6) is 0 Å². The van der Waals surface area contributed by atoms with E-state index in [4.69, 9.17) is 5.11 Å². The molecule has 0 radical (unpaired) electrons. The summed E-state index contributed by atoms with van der Waals surface area (Å²) in [6.45, 7) is 3.26. The van der Waals surface area contributed by atoms with Crippen LogP contribution in [0, 0.1) is 0 Å². The Morgan fingerprint density at radius 1 is 1.67 bits per heavy atom. The second-order valence-electron chi connectivity index (χ2n) is 0.402. The van der Waals surface area contributed by atoms with Gasteiger partial charge in [-0.3, -0.25) is 0 Å². The molecule has 38 valence electrons. The molecule has 0 aliphatic heterocycles. The zero-order chi connectivity index (χ0) is 5.41. The molecule has 0 aliphatic carbocycles. The van der Waals surface area contributed by atoms with Crippen LogP contribution in [0.4, 0.5) is 0 Å². The first-order chi connectivity index (χ1) is 2.91. The van der Waals surface area contributed by atoms with Crippen LogP contribution < -0.4 is 0 Å². The van der Waals surface area contributed by atoms with E-state index in [1.54, 1.807) is 7.11 Å². The molecular formula is C4H10O2. The van der Waals surface area contributed by atoms with E-state index in [0.717, 1.165) is 7.11 Å². The molecule has 0 bridgehead atoms. The first kappa shape index (κ1) is 9.09. The fourth-order valence-corrected chi connectivity index (χ4v) is 0. The third-order valence-electron chi connectivity index (χ3n) is 0.167. The predicted octanol–water partition coefficient (Wildman–Crippen LogP) is 0.385. The van der Waals surface area contributed by atoms with Crippen molar-refractivity contribution in [3.63, 3.8) is 0 Å². The molecular weight excluding hydrogens is 80.0 g/mol. The third-order valence-corrected chi connectivity index (χ3v) is 0.167. The van der Waals surface area contributed by atoms with Crippen molar-refractivity contribution in [2.24, 2.45) is 0 Å². The molecule has 2 heteroatoms. The van der Waals surface area contributed by atoms with Crippen LogP contribution in [0.15, 0.2) is 12.8 Å². The summed E-state index contributed by atoms with van der Waals surface area (Å²) in [6.07, 6.45) is 1.38. The lowest BCUT2D eigenvalue weighted by molar-refractivity contribution is 0.339. The van der Waals surface area contributed by atoms with Crippen molar-refractivity contribution in [1.29, 1.82) is 0 Å². The average molecular weight is 90.1 g/mol. The van der Waals surface area contributed by atoms with E-state index in [2.05, 4.69) is 11.3 Å². The van der Waals surface area contributed by atoms with Gasteiger partial charge in [-0.25, -0.2) is 0 Å². The summed E-state index contributed by atoms with van der Waals surface area (Å²) in [5.41, 5.74) is 0. The summed E-state index contributed by atoms with van der Waals surface area (Å²) in [4.78, 5) is 0. The average Bonchev–Trinajstić information content (AvgIpc) is 1.72. The Kier molecular flexibility index (Phi) is 37.1. The van der Waals surface area contributed by atoms with Crippen molar-refractivity contribution in [2.75, 3.05) is 14.2 Å². The first-order valence-corrected chi connectivity index (χ1v) is 1.50. The number of hydrogen-bond donors (Lipinski definition) is 1. The lowest BCUT2D eigenvalue weighted by Crippen LogP contribution is -1.54. The van der Waals surface area contributed by atoms with Crippen LogP contribution in [0.1, 0.15) is 0 Å². The van der Waals surface area contributed by atoms with E-state index in [-0.39, 0.29) is 0 Å². The zero-order valence-corrected chi connectivity index (χ0v) is 4.14. The summed E-state index contributed by atoms with van der Waals surface area (Å²) >= 11 is 0. The standard InChI is InChI=1S/C3H6O.CH4O/c1-3-4-2;1-2/h3H,1H2,2H3;2H,1H3. The second-order valence-corrected chi connectivity index (χ2v) is 0.402. The van der Waals surface area contributed by atoms with Crippen LogP contribution in [0.25, 0.3) is 0 Å². The summed E-state index contributed by atoms with van der Waals surface area (Å²) in [7, 11) is 2.56. The lowest BCUT2D eigenvalue weighted by Gasteiger charge is -1.73. The molecule has 0 saturated heterocycles. The highest BCUT2D eigenvalue weighted by molar-refractivity contribution is 4.43. The maximum atomic E-state index is 7.00. The fourth-order valence-electron chi connectivity index (χ4n) is 0. The highest BCUT2D eigenvalue weighted by Crippen LogP contribution is 1.52. The van der Waals surface area contributed by atoms with Crippen molar-refractivity contribution in [2.45, 2.75) is 0 Å². The minimum Gasteiger partial charge on any atom is -0.505 e. The molecule has 6 heavy (non-hydrogen) atoms. The van der Waals surface area contributed by atoms with Gasteiger partial charge in [0, 0.05) is 7.11 Å². The largest absolute Gasteiger partial charge is 0.505 e. The van der Waals surface area contributed by atoms with Crippen LogP contribution in [0.3, 0.4) is 0 Å². The number of aliphatic hydroxyl groups is 1. The van der Waals surface area contributed by atoms with E-state index in [9.17, 15) is 0 Å². The zero-order valence-electron chi connectivity index (χ0n) is 4.14. The van der Waals surface area contributed by atoms with Gasteiger partial charge in [0.25, 0.3) is 0 Å². The maximum absolute atomic E-state index is 7.00. The smallest absolute Gasteiger partial charge is 0.0766 e. The van der Waals surface area contributed by atoms with Gasteiger partial charge in [0.2, 0.25) is 0 Å². The van der Waals surface area contributed by atoms with Gasteiger partial charge in [-0.05, 0) is 0 Å². The van der Waals surface area contributed by atoms with Gasteiger partial charge in [0.15, 0.2) is 0 Å². The number of rotatable bonds is 1. The maximum Gasteiger partial charge on any atom is 0.0766 e. The summed E-state index contributed by atoms with van der Waals surface area (Å²) in [5, 5.41) is 7.00. The van der Waals surface area contributed by atoms with Crippen LogP contribution in [-0.2, 0) is 4.74 Å². The molecule has 0 amide bonds. The first-order valence-electron chi connectivity index (χ1n) is 1.50. The van der Waals surface area contributed by atoms with E-state index >= 15 is 0 Å². The van der Waals surface area contributed by atoms with Gasteiger partial charge in [-0.1, -0.05) is 6.58 Å². The molecule has 2 nitrogen and oxygen atoms in total. The van der Waals surface area contributed by atoms with E-state index in [1.807, 2.05) is 0 Å². The van der Waals surface area contributed by atoms with Crippen LogP contribution >= 0.6 is 0 Å². The van der Waals surface area contributed by atoms with E-state index < -0.39 is 0 Å². The second kappa shape index (κ2) is 24.5. The SMILES string of the molecule is C=COC.CO. The minimum absolute atomic E-state index is 1.00. The van der Waals surface area contributed by atoms with Gasteiger partial charge in [-0.15, -0.1) is 0 Å². The third kappa shape index (κ3) is 87.5. The molecule has 0 rings (SSSR count). The highest BCUT2D eigenvalue weighted by Gasteiger charge is 1.36. The number of ether oxygens (including phenoxy) is 1. The molecule has 0 spiro atoms. The summed E-state index contributed by atoms with van der Waals surface area (Å²) in [6, 6.07) is 0. The van der Waals surface area contributed by atoms with Crippen molar-refractivity contribution in [3.8, 4) is 0 Å². The Balaban J connectivity index is 0. The van der Waals surface area contributed by atoms with Crippen molar-refractivity contribution in [3.05, 3.63) is 12.8 Å². The Morgan fingerprint density at radius 3 is 1.83 bits per heavy atom. The molecule has 0 heterocycles. The van der Waals surface area contributed by atoms with Crippen LogP contribution in [-0.4, -0.2) is 19.3 Å². The molecule has 1 N–H and O–H groups in total. The van der Waals surface area contributed by atoms with Crippen LogP contribution in [0.2, 0.25) is 0 Å². The molecule has 0 fully saturated rings. The monoisotopic (exact) mass is 90.1 g/mol. The lowest BCUT2D eigenvalue weighted by atomic mass is 11.2. The number of methoxy groups -OCH3 is 1. The minimum atomic E-state index is 1.00. The normalized spacial score (nSPS) is 4.50. The molecule has 0 atom stereocenters. The van der Waals surface area contributed by atoms with E-state index in [0.29, 0.717) is 0 Å². The van der Waals surface area contributed by atoms with Crippen molar-refractivity contribution >= 4 is 0 Å². The van der Waals surface area contributed by atoms with Gasteiger partial charge in [-0.2, -0.15) is 0 Å². The molecule has 0 aromatic carbocycles. The topological polar surface area (TPSA) is 29.5 Å². The van der Waals surface area contributed by atoms with Gasteiger partial charge in [0.1, 0.15) is 0 Å². The Bertz CT molecular complexity index is 19.5. The fraction of sp³-hybridized carbons (Fsp3) is 0.500. The highest BCUT2D eigenvalue weighted by atomic mass is 16.5. The van der Waals surface area contributed by atoms with Crippen molar-refractivity contribution < 1.29 is 9.84 Å². The molecule has 0 aromatic heterocycles. The van der Waals surface area contributed by atoms with Gasteiger partial charge >= 0.3 is 0 Å². The Labute approximate surface area is 38.1 Å². The predicted molar refractivity (Wildman–Crippen MR) is 25.3 cm³/mol. The molecule has 0 aliphatic rings. The Hall–Kier alpha value is -0.500. The van der Waals surface area contributed by atoms with Crippen molar-refractivity contribution in [1.82, 2.24) is 0 Å². The molecule has 0 aromatic rings. The number of aliphatic hydroxyl groups excluding tert-OH is 1. The van der Waals surface area contributed by atoms with Gasteiger partial charge < -0.3 is 9.84 Å². The summed E-state index contributed by atoms with van der Waals surface area (Å²) < 4.78 is 4.31. The Morgan fingerprint density at radius 2 is 1.83 bits per heavy atom. The number of hydrogen-bond acceptors (Lipinski definition) is 2. The van der Waals surface area contributed by atoms with E-state index in [1.165, 1.54) is 6.26 Å².